The molecule has 0 radical (unpaired) electrons. The van der Waals surface area contributed by atoms with E-state index < -0.39 is 11.8 Å². The van der Waals surface area contributed by atoms with E-state index in [0.29, 0.717) is 24.5 Å². The van der Waals surface area contributed by atoms with Crippen LogP contribution in [0.1, 0.15) is 33.6 Å². The number of fused-ring (bicyclic) bond motifs is 3. The van der Waals surface area contributed by atoms with E-state index >= 15 is 0 Å². The first kappa shape index (κ1) is 14.4. The molecule has 0 aromatic carbocycles. The van der Waals surface area contributed by atoms with E-state index in [-0.39, 0.29) is 0 Å². The smallest absolute Gasteiger partial charge is 0.433 e. The molecule has 2 bridgehead atoms. The second kappa shape index (κ2) is 5.53. The van der Waals surface area contributed by atoms with Crippen molar-refractivity contribution in [1.29, 1.82) is 0 Å². The molecular formula is C15H25NO3. The van der Waals surface area contributed by atoms with Gasteiger partial charge in [-0.3, -0.25) is 4.90 Å². The summed E-state index contributed by atoms with van der Waals surface area (Å²) in [4.78, 5) is 14.0. The fourth-order valence-corrected chi connectivity index (χ4v) is 3.06. The van der Waals surface area contributed by atoms with Gasteiger partial charge in [0.2, 0.25) is 0 Å². The van der Waals surface area contributed by atoms with Crippen LogP contribution in [0.5, 0.6) is 0 Å². The summed E-state index contributed by atoms with van der Waals surface area (Å²) in [5, 5.41) is 0. The molecule has 0 aliphatic carbocycles. The van der Waals surface area contributed by atoms with Crippen LogP contribution < -0.4 is 0 Å². The molecule has 2 unspecified atom stereocenters. The Hall–Kier alpha value is -1.03. The van der Waals surface area contributed by atoms with Gasteiger partial charge in [0, 0.05) is 12.6 Å². The number of piperidine rings is 3. The molecule has 4 heteroatoms. The van der Waals surface area contributed by atoms with E-state index in [2.05, 4.69) is 17.6 Å². The molecule has 4 atom stereocenters. The molecule has 3 aliphatic rings. The molecule has 0 N–H and O–H groups in total. The fraction of sp³-hybridized carbons (Fsp3) is 0.800. The van der Waals surface area contributed by atoms with E-state index in [0.717, 1.165) is 19.5 Å². The lowest BCUT2D eigenvalue weighted by atomic mass is 9.76. The maximum atomic E-state index is 11.5. The summed E-state index contributed by atoms with van der Waals surface area (Å²) < 4.78 is 10.4. The standard InChI is InChI=1S/C15H25NO3/c1-5-11-9-16-7-6-12(11)8-13(16)10-18-14(17)19-15(2,3)4/h5,11-13H,1,6-10H2,2-4H3/t11-,12?,13-/m0/s1. The topological polar surface area (TPSA) is 38.8 Å². The Labute approximate surface area is 115 Å². The summed E-state index contributed by atoms with van der Waals surface area (Å²) in [5.41, 5.74) is -0.489. The monoisotopic (exact) mass is 267 g/mol. The average molecular weight is 267 g/mol. The highest BCUT2D eigenvalue weighted by Crippen LogP contribution is 2.36. The van der Waals surface area contributed by atoms with Crippen LogP contribution in [-0.4, -0.2) is 42.4 Å². The van der Waals surface area contributed by atoms with Crippen molar-refractivity contribution in [2.45, 2.75) is 45.3 Å². The van der Waals surface area contributed by atoms with Gasteiger partial charge in [-0.2, -0.15) is 0 Å². The minimum atomic E-state index is -0.560. The summed E-state index contributed by atoms with van der Waals surface area (Å²) in [6, 6.07) is 0.350. The minimum absolute atomic E-state index is 0.350. The zero-order valence-electron chi connectivity index (χ0n) is 12.2. The summed E-state index contributed by atoms with van der Waals surface area (Å²) >= 11 is 0. The van der Waals surface area contributed by atoms with E-state index in [4.69, 9.17) is 9.47 Å². The van der Waals surface area contributed by atoms with E-state index in [1.165, 1.54) is 6.42 Å². The SMILES string of the molecule is C=C[C@H]1CN2CCC1C[C@H]2COC(=O)OC(C)(C)C. The quantitative estimate of drug-likeness (QED) is 0.582. The molecule has 0 aromatic rings. The Morgan fingerprint density at radius 1 is 1.47 bits per heavy atom. The molecule has 108 valence electrons. The van der Waals surface area contributed by atoms with Crippen LogP contribution in [0.4, 0.5) is 4.79 Å². The number of hydrogen-bond donors (Lipinski definition) is 0. The van der Waals surface area contributed by atoms with Crippen molar-refractivity contribution in [3.8, 4) is 0 Å². The number of nitrogens with zero attached hydrogens (tertiary/aromatic N) is 1. The van der Waals surface area contributed by atoms with Crippen LogP contribution in [0.25, 0.3) is 0 Å². The lowest BCUT2D eigenvalue weighted by Crippen LogP contribution is -2.54. The third-order valence-corrected chi connectivity index (χ3v) is 4.01. The van der Waals surface area contributed by atoms with Crippen molar-refractivity contribution >= 4 is 6.16 Å². The third kappa shape index (κ3) is 3.72. The Bertz CT molecular complexity index is 348. The lowest BCUT2D eigenvalue weighted by Gasteiger charge is -2.48. The van der Waals surface area contributed by atoms with Crippen LogP contribution in [0.15, 0.2) is 12.7 Å². The highest BCUT2D eigenvalue weighted by Gasteiger charge is 2.39. The fourth-order valence-electron chi connectivity index (χ4n) is 3.06. The van der Waals surface area contributed by atoms with Crippen molar-refractivity contribution in [2.24, 2.45) is 11.8 Å². The first-order valence-corrected chi connectivity index (χ1v) is 7.11. The van der Waals surface area contributed by atoms with Gasteiger partial charge in [-0.05, 0) is 52.0 Å². The predicted octanol–water partition coefficient (Wildman–Crippen LogP) is 2.83. The molecule has 3 heterocycles. The van der Waals surface area contributed by atoms with E-state index in [1.807, 2.05) is 20.8 Å². The van der Waals surface area contributed by atoms with Gasteiger partial charge in [0.25, 0.3) is 0 Å². The second-order valence-electron chi connectivity index (χ2n) is 6.61. The molecular weight excluding hydrogens is 242 g/mol. The van der Waals surface area contributed by atoms with Crippen molar-refractivity contribution in [1.82, 2.24) is 4.90 Å². The van der Waals surface area contributed by atoms with Crippen molar-refractivity contribution in [2.75, 3.05) is 19.7 Å². The van der Waals surface area contributed by atoms with Crippen LogP contribution >= 0.6 is 0 Å². The highest BCUT2D eigenvalue weighted by atomic mass is 16.7. The zero-order chi connectivity index (χ0) is 14.0. The first-order chi connectivity index (χ1) is 8.89. The largest absolute Gasteiger partial charge is 0.508 e. The Kier molecular flexibility index (Phi) is 4.19. The number of ether oxygens (including phenoxy) is 2. The van der Waals surface area contributed by atoms with Gasteiger partial charge in [-0.15, -0.1) is 6.58 Å². The molecule has 3 rings (SSSR count). The predicted molar refractivity (Wildman–Crippen MR) is 74.0 cm³/mol. The van der Waals surface area contributed by atoms with Gasteiger partial charge < -0.3 is 9.47 Å². The van der Waals surface area contributed by atoms with Gasteiger partial charge in [0.15, 0.2) is 0 Å². The maximum Gasteiger partial charge on any atom is 0.508 e. The second-order valence-corrected chi connectivity index (χ2v) is 6.61. The average Bonchev–Trinajstić information content (AvgIpc) is 2.35. The summed E-state index contributed by atoms with van der Waals surface area (Å²) in [6.45, 7) is 12.0. The van der Waals surface area contributed by atoms with Crippen LogP contribution in [0.3, 0.4) is 0 Å². The molecule has 3 aliphatic heterocycles. The Morgan fingerprint density at radius 3 is 2.74 bits per heavy atom. The Balaban J connectivity index is 1.79. The third-order valence-electron chi connectivity index (χ3n) is 4.01. The molecule has 0 amide bonds. The van der Waals surface area contributed by atoms with Crippen molar-refractivity contribution < 1.29 is 14.3 Å². The van der Waals surface area contributed by atoms with Crippen LogP contribution in [0, 0.1) is 11.8 Å². The van der Waals surface area contributed by atoms with E-state index in [1.54, 1.807) is 0 Å². The van der Waals surface area contributed by atoms with Crippen molar-refractivity contribution in [3.63, 3.8) is 0 Å². The highest BCUT2D eigenvalue weighted by molar-refractivity contribution is 5.60. The van der Waals surface area contributed by atoms with Crippen LogP contribution in [-0.2, 0) is 9.47 Å². The Morgan fingerprint density at radius 2 is 2.21 bits per heavy atom. The minimum Gasteiger partial charge on any atom is -0.433 e. The summed E-state index contributed by atoms with van der Waals surface area (Å²) in [7, 11) is 0. The van der Waals surface area contributed by atoms with Gasteiger partial charge in [-0.1, -0.05) is 6.08 Å². The van der Waals surface area contributed by atoms with Gasteiger partial charge in [-0.25, -0.2) is 4.79 Å². The van der Waals surface area contributed by atoms with Crippen LogP contribution in [0.2, 0.25) is 0 Å². The molecule has 0 saturated carbocycles. The molecule has 3 fully saturated rings. The zero-order valence-corrected chi connectivity index (χ0v) is 12.2. The molecule has 3 saturated heterocycles. The van der Waals surface area contributed by atoms with Gasteiger partial charge in [0.05, 0.1) is 0 Å². The van der Waals surface area contributed by atoms with E-state index in [9.17, 15) is 4.79 Å². The molecule has 19 heavy (non-hydrogen) atoms. The lowest BCUT2D eigenvalue weighted by molar-refractivity contribution is -0.0442. The van der Waals surface area contributed by atoms with Crippen molar-refractivity contribution in [3.05, 3.63) is 12.7 Å². The van der Waals surface area contributed by atoms with Gasteiger partial charge >= 0.3 is 6.16 Å². The molecule has 4 nitrogen and oxygen atoms in total. The maximum absolute atomic E-state index is 11.5. The molecule has 0 spiro atoms. The number of carbonyl (C=O) groups is 1. The first-order valence-electron chi connectivity index (χ1n) is 7.11. The summed E-state index contributed by atoms with van der Waals surface area (Å²) in [6.07, 6.45) is 3.84. The summed E-state index contributed by atoms with van der Waals surface area (Å²) in [5.74, 6) is 1.31. The number of hydrogen-bond acceptors (Lipinski definition) is 4. The normalized spacial score (nSPS) is 33.8. The number of carbonyl (C=O) groups excluding carboxylic acids is 1. The number of rotatable bonds is 3. The van der Waals surface area contributed by atoms with Gasteiger partial charge in [0.1, 0.15) is 12.2 Å². The molecule has 0 aromatic heterocycles.